The van der Waals surface area contributed by atoms with Crippen LogP contribution in [-0.4, -0.2) is 38.1 Å². The largest absolute Gasteiger partial charge is 0.466 e. The van der Waals surface area contributed by atoms with Crippen molar-refractivity contribution in [2.24, 2.45) is 0 Å². The van der Waals surface area contributed by atoms with Gasteiger partial charge in [0.05, 0.1) is 6.61 Å². The summed E-state index contributed by atoms with van der Waals surface area (Å²) in [7, 11) is 4.06. The van der Waals surface area contributed by atoms with Crippen LogP contribution in [0.5, 0.6) is 0 Å². The summed E-state index contributed by atoms with van der Waals surface area (Å²) in [6.07, 6.45) is 2.55. The number of rotatable bonds is 6. The molecule has 12 heavy (non-hydrogen) atoms. The monoisotopic (exact) mass is 173 g/mol. The highest BCUT2D eigenvalue weighted by molar-refractivity contribution is 5.69. The maximum absolute atomic E-state index is 10.9. The fourth-order valence-electron chi connectivity index (χ4n) is 0.931. The Hall–Kier alpha value is -0.570. The van der Waals surface area contributed by atoms with Gasteiger partial charge in [0.1, 0.15) is 0 Å². The van der Waals surface area contributed by atoms with Gasteiger partial charge >= 0.3 is 5.97 Å². The van der Waals surface area contributed by atoms with Crippen molar-refractivity contribution in [2.45, 2.75) is 26.2 Å². The molecule has 0 heterocycles. The van der Waals surface area contributed by atoms with E-state index in [-0.39, 0.29) is 5.97 Å². The minimum absolute atomic E-state index is 0.0729. The molecule has 0 aliphatic rings. The molecule has 0 aromatic heterocycles. The Morgan fingerprint density at radius 1 is 1.33 bits per heavy atom. The molecule has 0 unspecified atom stereocenters. The Morgan fingerprint density at radius 3 is 2.50 bits per heavy atom. The molecule has 0 radical (unpaired) electrons. The lowest BCUT2D eigenvalue weighted by atomic mass is 10.2. The molecule has 0 aliphatic heterocycles. The van der Waals surface area contributed by atoms with E-state index in [2.05, 4.69) is 4.90 Å². The fourth-order valence-corrected chi connectivity index (χ4v) is 0.931. The predicted molar refractivity (Wildman–Crippen MR) is 49.0 cm³/mol. The van der Waals surface area contributed by atoms with Crippen LogP contribution in [0.15, 0.2) is 0 Å². The third kappa shape index (κ3) is 7.54. The van der Waals surface area contributed by atoms with E-state index in [0.717, 1.165) is 19.4 Å². The first-order valence-corrected chi connectivity index (χ1v) is 4.47. The quantitative estimate of drug-likeness (QED) is 0.447. The molecule has 0 saturated carbocycles. The Kier molecular flexibility index (Phi) is 6.76. The highest BCUT2D eigenvalue weighted by atomic mass is 16.5. The average molecular weight is 173 g/mol. The van der Waals surface area contributed by atoms with Gasteiger partial charge in [-0.05, 0) is 40.4 Å². The minimum Gasteiger partial charge on any atom is -0.466 e. The third-order valence-corrected chi connectivity index (χ3v) is 1.54. The van der Waals surface area contributed by atoms with Crippen molar-refractivity contribution >= 4 is 5.97 Å². The molecule has 72 valence electrons. The second-order valence-corrected chi connectivity index (χ2v) is 3.07. The first kappa shape index (κ1) is 11.4. The van der Waals surface area contributed by atoms with Crippen LogP contribution in [-0.2, 0) is 9.53 Å². The van der Waals surface area contributed by atoms with E-state index in [1.54, 1.807) is 0 Å². The van der Waals surface area contributed by atoms with Gasteiger partial charge in [0.2, 0.25) is 0 Å². The fraction of sp³-hybridized carbons (Fsp3) is 0.889. The van der Waals surface area contributed by atoms with Gasteiger partial charge < -0.3 is 9.64 Å². The van der Waals surface area contributed by atoms with Gasteiger partial charge in [-0.15, -0.1) is 0 Å². The molecule has 3 heteroatoms. The Labute approximate surface area is 74.7 Å². The number of hydrogen-bond acceptors (Lipinski definition) is 3. The number of carbonyl (C=O) groups excluding carboxylic acids is 1. The summed E-state index contributed by atoms with van der Waals surface area (Å²) >= 11 is 0. The van der Waals surface area contributed by atoms with Gasteiger partial charge in [0.15, 0.2) is 0 Å². The average Bonchev–Trinajstić information content (AvgIpc) is 1.98. The molecule has 0 aromatic rings. The summed E-state index contributed by atoms with van der Waals surface area (Å²) in [5, 5.41) is 0. The van der Waals surface area contributed by atoms with Crippen LogP contribution in [0.2, 0.25) is 0 Å². The number of ether oxygens (including phenoxy) is 1. The molecule has 0 aliphatic carbocycles. The van der Waals surface area contributed by atoms with Gasteiger partial charge in [-0.2, -0.15) is 0 Å². The molecule has 0 atom stereocenters. The molecule has 0 rings (SSSR count). The molecule has 0 bridgehead atoms. The van der Waals surface area contributed by atoms with Crippen molar-refractivity contribution in [3.05, 3.63) is 0 Å². The molecule has 0 amide bonds. The third-order valence-electron chi connectivity index (χ3n) is 1.54. The molecule has 0 aromatic carbocycles. The van der Waals surface area contributed by atoms with Crippen LogP contribution in [0.3, 0.4) is 0 Å². The van der Waals surface area contributed by atoms with Crippen molar-refractivity contribution in [3.63, 3.8) is 0 Å². The van der Waals surface area contributed by atoms with Crippen LogP contribution >= 0.6 is 0 Å². The van der Waals surface area contributed by atoms with Crippen molar-refractivity contribution in [2.75, 3.05) is 27.2 Å². The Bertz CT molecular complexity index is 124. The van der Waals surface area contributed by atoms with E-state index in [1.165, 1.54) is 0 Å². The van der Waals surface area contributed by atoms with Crippen molar-refractivity contribution in [3.8, 4) is 0 Å². The molecule has 0 fully saturated rings. The number of nitrogens with zero attached hydrogens (tertiary/aromatic N) is 1. The van der Waals surface area contributed by atoms with Gasteiger partial charge in [0.25, 0.3) is 0 Å². The maximum atomic E-state index is 10.9. The van der Waals surface area contributed by atoms with Gasteiger partial charge in [-0.3, -0.25) is 4.79 Å². The number of hydrogen-bond donors (Lipinski definition) is 0. The number of carbonyl (C=O) groups is 1. The van der Waals surface area contributed by atoms with Crippen LogP contribution in [0, 0.1) is 0 Å². The Morgan fingerprint density at radius 2 is 2.00 bits per heavy atom. The zero-order valence-corrected chi connectivity index (χ0v) is 8.30. The number of unbranched alkanes of at least 4 members (excludes halogenated alkanes) is 1. The lowest BCUT2D eigenvalue weighted by Gasteiger charge is -2.08. The van der Waals surface area contributed by atoms with Crippen molar-refractivity contribution < 1.29 is 9.53 Å². The number of esters is 1. The van der Waals surface area contributed by atoms with E-state index < -0.39 is 0 Å². The van der Waals surface area contributed by atoms with E-state index in [0.29, 0.717) is 13.0 Å². The first-order chi connectivity index (χ1) is 5.66. The SMILES string of the molecule is CCOC(=O)CCCCN(C)C. The first-order valence-electron chi connectivity index (χ1n) is 4.47. The smallest absolute Gasteiger partial charge is 0.305 e. The zero-order chi connectivity index (χ0) is 9.40. The molecule has 0 saturated heterocycles. The predicted octanol–water partition coefficient (Wildman–Crippen LogP) is 1.28. The second kappa shape index (κ2) is 7.10. The van der Waals surface area contributed by atoms with Crippen molar-refractivity contribution in [1.82, 2.24) is 4.90 Å². The minimum atomic E-state index is -0.0729. The highest BCUT2D eigenvalue weighted by Crippen LogP contribution is 1.98. The lowest BCUT2D eigenvalue weighted by molar-refractivity contribution is -0.143. The van der Waals surface area contributed by atoms with E-state index in [1.807, 2.05) is 21.0 Å². The standard InChI is InChI=1S/C9H19NO2/c1-4-12-9(11)7-5-6-8-10(2)3/h4-8H2,1-3H3. The summed E-state index contributed by atoms with van der Waals surface area (Å²) in [4.78, 5) is 13.0. The van der Waals surface area contributed by atoms with E-state index >= 15 is 0 Å². The molecule has 3 nitrogen and oxygen atoms in total. The van der Waals surface area contributed by atoms with Crippen LogP contribution < -0.4 is 0 Å². The van der Waals surface area contributed by atoms with E-state index in [9.17, 15) is 4.79 Å². The second-order valence-electron chi connectivity index (χ2n) is 3.07. The van der Waals surface area contributed by atoms with Crippen LogP contribution in [0.1, 0.15) is 26.2 Å². The van der Waals surface area contributed by atoms with Crippen LogP contribution in [0.4, 0.5) is 0 Å². The molecule has 0 N–H and O–H groups in total. The maximum Gasteiger partial charge on any atom is 0.305 e. The summed E-state index contributed by atoms with van der Waals surface area (Å²) in [6, 6.07) is 0. The van der Waals surface area contributed by atoms with Gasteiger partial charge in [-0.25, -0.2) is 0 Å². The summed E-state index contributed by atoms with van der Waals surface area (Å²) in [5.74, 6) is -0.0729. The summed E-state index contributed by atoms with van der Waals surface area (Å²) in [6.45, 7) is 3.36. The molecule has 0 spiro atoms. The van der Waals surface area contributed by atoms with Crippen LogP contribution in [0.25, 0.3) is 0 Å². The van der Waals surface area contributed by atoms with Crippen molar-refractivity contribution in [1.29, 1.82) is 0 Å². The molecular weight excluding hydrogens is 154 g/mol. The van der Waals surface area contributed by atoms with Gasteiger partial charge in [-0.1, -0.05) is 0 Å². The topological polar surface area (TPSA) is 29.5 Å². The highest BCUT2D eigenvalue weighted by Gasteiger charge is 2.00. The Balaban J connectivity index is 3.14. The van der Waals surface area contributed by atoms with Gasteiger partial charge in [0, 0.05) is 6.42 Å². The normalized spacial score (nSPS) is 10.3. The zero-order valence-electron chi connectivity index (χ0n) is 8.30. The summed E-state index contributed by atoms with van der Waals surface area (Å²) in [5.41, 5.74) is 0. The van der Waals surface area contributed by atoms with E-state index in [4.69, 9.17) is 4.74 Å². The lowest BCUT2D eigenvalue weighted by Crippen LogP contribution is -2.13. The molecular formula is C9H19NO2. The summed E-state index contributed by atoms with van der Waals surface area (Å²) < 4.78 is 4.80.